The van der Waals surface area contributed by atoms with Gasteiger partial charge in [-0.2, -0.15) is 0 Å². The zero-order chi connectivity index (χ0) is 55.2. The van der Waals surface area contributed by atoms with Crippen LogP contribution in [0.2, 0.25) is 0 Å². The second-order valence-corrected chi connectivity index (χ2v) is 65.4. The van der Waals surface area contributed by atoms with Crippen LogP contribution >= 0.6 is 59.9 Å². The Hall–Kier alpha value is 0.319. The fraction of sp³-hybridized carbons (Fsp3) is 0.778. The number of ketones is 2. The first kappa shape index (κ1) is 68.1. The molecule has 6 fully saturated rings. The maximum Gasteiger partial charge on any atom is 0 e. The zero-order valence-corrected chi connectivity index (χ0v) is 59.4. The van der Waals surface area contributed by atoms with E-state index in [-0.39, 0.29) is 128 Å². The number of halogens is 3. The number of carbonyl (C=O) groups excluding carboxylic acids is 4. The summed E-state index contributed by atoms with van der Waals surface area (Å²) in [5, 5.41) is 30.2. The Bertz CT molecular complexity index is 2320. The van der Waals surface area contributed by atoms with Gasteiger partial charge < -0.3 is 20.0 Å². The minimum absolute atomic E-state index is 0. The van der Waals surface area contributed by atoms with Gasteiger partial charge in [-0.15, -0.1) is 0 Å². The number of rotatable bonds is 2. The van der Waals surface area contributed by atoms with Crippen LogP contribution in [0.5, 0.6) is 0 Å². The van der Waals surface area contributed by atoms with Gasteiger partial charge in [-0.05, 0) is 200 Å². The summed E-state index contributed by atoms with van der Waals surface area (Å²) in [4.78, 5) is 52.3. The third-order valence-corrected chi connectivity index (χ3v) is 25.2. The maximum absolute atomic E-state index is 13.2. The van der Waals surface area contributed by atoms with E-state index in [1.807, 2.05) is 26.8 Å². The average molecular weight is 1480 g/mol. The Balaban J connectivity index is 0.000000256. The summed E-state index contributed by atoms with van der Waals surface area (Å²) in [7, 11) is 0. The van der Waals surface area contributed by atoms with Gasteiger partial charge in [0.15, 0.2) is 11.5 Å². The second kappa shape index (κ2) is 22.3. The molecule has 0 saturated heterocycles. The Morgan fingerprint density at radius 3 is 1.25 bits per heavy atom. The number of Topliss-reactive ketones (excluding diaryl/α,β-unsaturated/α-hetero) is 2. The van der Waals surface area contributed by atoms with Gasteiger partial charge in [0.2, 0.25) is 17.6 Å². The van der Waals surface area contributed by atoms with Gasteiger partial charge in [0.25, 0.3) is 0 Å². The van der Waals surface area contributed by atoms with Crippen LogP contribution in [0, 0.1) is 115 Å². The molecular formula is C63H98I3N2O7V2-2. The van der Waals surface area contributed by atoms with Crippen molar-refractivity contribution in [2.24, 2.45) is 100 Å². The molecule has 5 N–H and O–H groups in total. The number of hydrogen-bond acceptors (Lipinski definition) is 7. The normalized spacial score (nSPS) is 43.9. The van der Waals surface area contributed by atoms with Crippen molar-refractivity contribution in [2.75, 3.05) is 0 Å². The van der Waals surface area contributed by atoms with Gasteiger partial charge in [0, 0.05) is 29.4 Å². The van der Waals surface area contributed by atoms with Crippen LogP contribution in [0.4, 0.5) is 0 Å². The van der Waals surface area contributed by atoms with E-state index in [0.29, 0.717) is 23.5 Å². The van der Waals surface area contributed by atoms with E-state index in [2.05, 4.69) is 172 Å². The molecule has 6 saturated carbocycles. The van der Waals surface area contributed by atoms with E-state index in [0.717, 1.165) is 108 Å². The van der Waals surface area contributed by atoms with Crippen molar-refractivity contribution in [1.82, 2.24) is 11.0 Å². The first-order valence-electron chi connectivity index (χ1n) is 28.2. The molecule has 14 heteroatoms. The number of amides is 2. The molecule has 0 unspecified atom stereocenters. The zero-order valence-electron chi connectivity index (χ0n) is 50.1. The number of aliphatic hydroxyl groups is 1. The van der Waals surface area contributed by atoms with Crippen LogP contribution in [0.1, 0.15) is 207 Å². The van der Waals surface area contributed by atoms with Gasteiger partial charge in [0.1, 0.15) is 0 Å². The molecule has 0 spiro atoms. The molecule has 0 bridgehead atoms. The van der Waals surface area contributed by atoms with Crippen LogP contribution in [-0.4, -0.2) is 38.9 Å². The summed E-state index contributed by atoms with van der Waals surface area (Å²) in [5.41, 5.74) is 6.23. The molecule has 0 aromatic heterocycles. The predicted octanol–water partition coefficient (Wildman–Crippen LogP) is 17.1. The maximum atomic E-state index is 13.2. The van der Waals surface area contributed by atoms with Crippen LogP contribution in [-0.2, 0) is 42.7 Å². The Kier molecular flexibility index (Phi) is 19.7. The van der Waals surface area contributed by atoms with E-state index in [4.69, 9.17) is 0 Å². The fourth-order valence-electron chi connectivity index (χ4n) is 20.8. The van der Waals surface area contributed by atoms with Crippen molar-refractivity contribution in [1.29, 1.82) is 0 Å². The first-order chi connectivity index (χ1) is 33.9. The fourth-order valence-corrected chi connectivity index (χ4v) is 20.8. The van der Waals surface area contributed by atoms with Crippen LogP contribution in [0.25, 0.3) is 0 Å². The topological polar surface area (TPSA) is 153 Å². The SMILES string of the molecule is CC1(C)CC[C@]2(C(=O)NO)CC[C@]3(C)C(=CC[C@@H]4[C@@]5(C)C=C(O)C(=O)C(C)(C)[C@@H]5CC[C@]43C)[C@@H]2C1.CC1=C[C@]2(C)[C@H]3CC=C4[C@@H]5CC(C)(C)CC[C@]5(C(=O)NO)CC[C@@]4(C)[C@]3(C)CC[C@H]2C(C)(C)C1=O.[CH3-].[CH3-].[I][V]([I])[I].[V]. The molecule has 2 amide bonds. The Morgan fingerprint density at radius 2 is 0.883 bits per heavy atom. The standard InChI is InChI=1S/C31H47NO3.C30H45NO4.2CH3.3HI.2V/c1-19-17-28(6)22(27(4,5)24(19)33)11-12-30(8)23(28)10-9-20-21-18-26(2,3)13-15-31(21,25(34)32-35)16-14-29(20,30)7;1-25(2)12-14-30(24(34)31-35)15-13-28(6)18(19(30)16-25)8-9-22-27(5)17-20(32)23(33)26(3,4)21(27)10-11-29(22,28)7;;;;;;;/h9,17,21-23,35H,10-16,18H2,1-8H3,(H,32,34);8,17,19,21-22,32,35H,9-16H2,1-7H3,(H,31,34);2*1H3;3*1H;;/q;;2*-1;;;;;+3/p-3/t21-,22-,23+,28-,29+,30+,31-;19-,21-,22+,27-,28+,29+,30-;;;;;;;/m00......./s1. The molecule has 10 aliphatic rings. The molecule has 10 aliphatic carbocycles. The molecular weight excluding hydrogens is 1380 g/mol. The van der Waals surface area contributed by atoms with Crippen molar-refractivity contribution in [3.8, 4) is 0 Å². The molecule has 0 aliphatic heterocycles. The predicted molar refractivity (Wildman–Crippen MR) is 329 cm³/mol. The van der Waals surface area contributed by atoms with E-state index >= 15 is 0 Å². The minimum Gasteiger partial charge on any atom is 0 e. The Morgan fingerprint density at radius 1 is 0.545 bits per heavy atom. The van der Waals surface area contributed by atoms with Crippen molar-refractivity contribution in [3.05, 3.63) is 61.6 Å². The second-order valence-electron chi connectivity index (χ2n) is 30.0. The molecule has 435 valence electrons. The minimum atomic E-state index is -0.575. The van der Waals surface area contributed by atoms with E-state index in [1.165, 1.54) is 11.1 Å². The smallest absolute Gasteiger partial charge is 0 e. The van der Waals surface area contributed by atoms with E-state index in [9.17, 15) is 34.7 Å². The summed E-state index contributed by atoms with van der Waals surface area (Å²) in [6.07, 6.45) is 24.6. The van der Waals surface area contributed by atoms with Crippen LogP contribution in [0.15, 0.2) is 46.8 Å². The number of aliphatic hydroxyl groups excluding tert-OH is 1. The largest absolute Gasteiger partial charge is 0 e. The third kappa shape index (κ3) is 10.1. The van der Waals surface area contributed by atoms with Crippen molar-refractivity contribution in [2.45, 2.75) is 207 Å². The number of nitrogens with one attached hydrogen (secondary N) is 2. The number of carbonyl (C=O) groups is 4. The summed E-state index contributed by atoms with van der Waals surface area (Å²) >= 11 is 7.39. The molecule has 9 nitrogen and oxygen atoms in total. The van der Waals surface area contributed by atoms with Crippen LogP contribution < -0.4 is 11.0 Å². The van der Waals surface area contributed by atoms with Gasteiger partial charge in [-0.25, -0.2) is 11.0 Å². The quantitative estimate of drug-likeness (QED) is 0.0607. The molecule has 14 atom stereocenters. The van der Waals surface area contributed by atoms with Crippen molar-refractivity contribution < 1.29 is 58.2 Å². The summed E-state index contributed by atoms with van der Waals surface area (Å²) in [5.74, 6) is 1.43. The summed E-state index contributed by atoms with van der Waals surface area (Å²) in [6.45, 7) is 34.3. The number of allylic oxidation sites excluding steroid dienone is 8. The first-order valence-corrected chi connectivity index (χ1v) is 41.7. The van der Waals surface area contributed by atoms with E-state index < -0.39 is 16.2 Å². The molecule has 0 aromatic rings. The number of hydroxylamine groups is 2. The monoisotopic (exact) mass is 1480 g/mol. The molecule has 10 rings (SSSR count). The average Bonchev–Trinajstić information content (AvgIpc) is 3.29. The number of hydrogen-bond donors (Lipinski definition) is 5. The third-order valence-electron chi connectivity index (χ3n) is 25.2. The molecule has 0 heterocycles. The van der Waals surface area contributed by atoms with Gasteiger partial charge in [0.05, 0.1) is 10.8 Å². The molecule has 0 aromatic carbocycles. The van der Waals surface area contributed by atoms with Gasteiger partial charge in [-0.3, -0.25) is 29.6 Å². The van der Waals surface area contributed by atoms with E-state index in [1.54, 1.807) is 0 Å². The summed E-state index contributed by atoms with van der Waals surface area (Å²) in [6, 6.07) is 0. The Labute approximate surface area is 515 Å². The number of fused-ring (bicyclic) bond motifs is 14. The van der Waals surface area contributed by atoms with Gasteiger partial charge in [-0.1, -0.05) is 126 Å². The van der Waals surface area contributed by atoms with Crippen LogP contribution in [0.3, 0.4) is 0 Å². The van der Waals surface area contributed by atoms with Crippen molar-refractivity contribution in [3.63, 3.8) is 0 Å². The van der Waals surface area contributed by atoms with Crippen molar-refractivity contribution >= 4 is 83.3 Å². The van der Waals surface area contributed by atoms with Gasteiger partial charge >= 0.3 is 64.9 Å². The summed E-state index contributed by atoms with van der Waals surface area (Å²) < 4.78 is 0. The molecule has 77 heavy (non-hydrogen) atoms. The molecule has 1 radical (unpaired) electrons.